The Hall–Kier alpha value is -1.36. The molecule has 5 heteroatoms. The Morgan fingerprint density at radius 3 is 2.87 bits per heavy atom. The van der Waals surface area contributed by atoms with Crippen molar-refractivity contribution in [3.05, 3.63) is 12.4 Å². The highest BCUT2D eigenvalue weighted by Gasteiger charge is 2.01. The van der Waals surface area contributed by atoms with E-state index in [1.165, 1.54) is 6.33 Å². The predicted octanol–water partition coefficient (Wildman–Crippen LogP) is 1.32. The van der Waals surface area contributed by atoms with E-state index in [1.54, 1.807) is 13.2 Å². The summed E-state index contributed by atoms with van der Waals surface area (Å²) in [6.45, 7) is 5.28. The largest absolute Gasteiger partial charge is 0.475 e. The lowest BCUT2D eigenvalue weighted by molar-refractivity contribution is 0.210. The molecule has 0 aliphatic heterocycles. The average molecular weight is 211 g/mol. The van der Waals surface area contributed by atoms with Gasteiger partial charge in [0.25, 0.3) is 0 Å². The molecule has 0 aromatic carbocycles. The van der Waals surface area contributed by atoms with E-state index in [4.69, 9.17) is 9.47 Å². The molecule has 0 aliphatic carbocycles. The zero-order valence-corrected chi connectivity index (χ0v) is 9.36. The maximum atomic E-state index is 5.44. The minimum absolute atomic E-state index is 0.117. The molecule has 84 valence electrons. The van der Waals surface area contributed by atoms with Gasteiger partial charge in [0.15, 0.2) is 0 Å². The molecule has 0 bridgehead atoms. The molecule has 0 unspecified atom stereocenters. The quantitative estimate of drug-likeness (QED) is 0.719. The van der Waals surface area contributed by atoms with Gasteiger partial charge in [0.1, 0.15) is 12.1 Å². The van der Waals surface area contributed by atoms with Crippen LogP contribution in [0.2, 0.25) is 0 Å². The van der Waals surface area contributed by atoms with Gasteiger partial charge in [-0.2, -0.15) is 0 Å². The van der Waals surface area contributed by atoms with Crippen LogP contribution in [-0.2, 0) is 4.74 Å². The molecule has 1 aromatic heterocycles. The fraction of sp³-hybridized carbons (Fsp3) is 0.600. The summed E-state index contributed by atoms with van der Waals surface area (Å²) >= 11 is 0. The zero-order valence-electron chi connectivity index (χ0n) is 9.36. The van der Waals surface area contributed by atoms with Gasteiger partial charge in [0.2, 0.25) is 5.88 Å². The highest BCUT2D eigenvalue weighted by molar-refractivity contribution is 5.36. The van der Waals surface area contributed by atoms with Crippen molar-refractivity contribution in [1.82, 2.24) is 9.97 Å². The van der Waals surface area contributed by atoms with Crippen molar-refractivity contribution in [3.63, 3.8) is 0 Å². The molecule has 1 rings (SSSR count). The van der Waals surface area contributed by atoms with Crippen LogP contribution in [0.15, 0.2) is 12.4 Å². The van der Waals surface area contributed by atoms with E-state index in [0.29, 0.717) is 19.0 Å². The minimum atomic E-state index is 0.117. The maximum Gasteiger partial charge on any atom is 0.218 e. The molecule has 1 N–H and O–H groups in total. The lowest BCUT2D eigenvalue weighted by Gasteiger charge is -2.09. The number of rotatable bonds is 6. The van der Waals surface area contributed by atoms with Gasteiger partial charge in [0.05, 0.1) is 12.7 Å². The van der Waals surface area contributed by atoms with Gasteiger partial charge in [-0.25, -0.2) is 9.97 Å². The van der Waals surface area contributed by atoms with E-state index in [1.807, 2.05) is 13.8 Å². The number of hydrogen-bond donors (Lipinski definition) is 1. The number of nitrogens with zero attached hydrogens (tertiary/aromatic N) is 2. The number of hydrogen-bond acceptors (Lipinski definition) is 5. The van der Waals surface area contributed by atoms with Crippen molar-refractivity contribution >= 4 is 5.82 Å². The van der Waals surface area contributed by atoms with Crippen molar-refractivity contribution in [2.45, 2.75) is 20.0 Å². The molecule has 0 radical (unpaired) electrons. The van der Waals surface area contributed by atoms with Crippen LogP contribution < -0.4 is 10.1 Å². The van der Waals surface area contributed by atoms with Crippen molar-refractivity contribution in [2.24, 2.45) is 0 Å². The van der Waals surface area contributed by atoms with Crippen LogP contribution in [-0.4, -0.2) is 36.3 Å². The molecule has 0 atom stereocenters. The summed E-state index contributed by atoms with van der Waals surface area (Å²) in [5, 5.41) is 3.10. The fourth-order valence-corrected chi connectivity index (χ4v) is 1.02. The molecule has 1 heterocycles. The van der Waals surface area contributed by atoms with Crippen LogP contribution in [0.3, 0.4) is 0 Å². The third-order valence-electron chi connectivity index (χ3n) is 1.61. The summed E-state index contributed by atoms with van der Waals surface area (Å²) < 4.78 is 10.4. The SMILES string of the molecule is COCCNc1cc(OC(C)C)ncn1. The van der Waals surface area contributed by atoms with Crippen molar-refractivity contribution in [1.29, 1.82) is 0 Å². The molecular weight excluding hydrogens is 194 g/mol. The van der Waals surface area contributed by atoms with Gasteiger partial charge in [0, 0.05) is 19.7 Å². The van der Waals surface area contributed by atoms with Gasteiger partial charge in [-0.05, 0) is 13.8 Å². The maximum absolute atomic E-state index is 5.44. The van der Waals surface area contributed by atoms with Gasteiger partial charge in [-0.3, -0.25) is 0 Å². The Morgan fingerprint density at radius 1 is 1.40 bits per heavy atom. The number of nitrogens with one attached hydrogen (secondary N) is 1. The third-order valence-corrected chi connectivity index (χ3v) is 1.61. The Balaban J connectivity index is 2.50. The predicted molar refractivity (Wildman–Crippen MR) is 58.2 cm³/mol. The summed E-state index contributed by atoms with van der Waals surface area (Å²) in [5.74, 6) is 1.33. The highest BCUT2D eigenvalue weighted by atomic mass is 16.5. The Bertz CT molecular complexity index is 292. The van der Waals surface area contributed by atoms with E-state index in [9.17, 15) is 0 Å². The summed E-state index contributed by atoms with van der Waals surface area (Å²) in [6, 6.07) is 1.77. The lowest BCUT2D eigenvalue weighted by Crippen LogP contribution is -2.10. The van der Waals surface area contributed by atoms with Gasteiger partial charge < -0.3 is 14.8 Å². The first-order valence-electron chi connectivity index (χ1n) is 4.94. The van der Waals surface area contributed by atoms with Crippen molar-refractivity contribution in [2.75, 3.05) is 25.6 Å². The monoisotopic (exact) mass is 211 g/mol. The molecule has 15 heavy (non-hydrogen) atoms. The van der Waals surface area contributed by atoms with E-state index in [-0.39, 0.29) is 6.10 Å². The first-order valence-corrected chi connectivity index (χ1v) is 4.94. The Labute approximate surface area is 89.8 Å². The molecule has 0 saturated heterocycles. The van der Waals surface area contributed by atoms with Crippen molar-refractivity contribution in [3.8, 4) is 5.88 Å². The number of aromatic nitrogens is 2. The molecule has 0 aliphatic rings. The zero-order chi connectivity index (χ0) is 11.1. The van der Waals surface area contributed by atoms with Crippen LogP contribution in [0.25, 0.3) is 0 Å². The lowest BCUT2D eigenvalue weighted by atomic mass is 10.4. The summed E-state index contributed by atoms with van der Waals surface area (Å²) in [4.78, 5) is 8.06. The minimum Gasteiger partial charge on any atom is -0.475 e. The normalized spacial score (nSPS) is 10.4. The standard InChI is InChI=1S/C10H17N3O2/c1-8(2)15-10-6-9(12-7-13-10)11-4-5-14-3/h6-8H,4-5H2,1-3H3,(H,11,12,13). The van der Waals surface area contributed by atoms with E-state index < -0.39 is 0 Å². The number of ether oxygens (including phenoxy) is 2. The van der Waals surface area contributed by atoms with Crippen LogP contribution in [0.5, 0.6) is 5.88 Å². The molecule has 0 saturated carbocycles. The Kier molecular flexibility index (Phi) is 4.83. The van der Waals surface area contributed by atoms with E-state index >= 15 is 0 Å². The fourth-order valence-electron chi connectivity index (χ4n) is 1.02. The molecule has 0 fully saturated rings. The van der Waals surface area contributed by atoms with Crippen LogP contribution in [0.4, 0.5) is 5.82 Å². The van der Waals surface area contributed by atoms with Gasteiger partial charge >= 0.3 is 0 Å². The van der Waals surface area contributed by atoms with Crippen LogP contribution >= 0.6 is 0 Å². The topological polar surface area (TPSA) is 56.3 Å². The second kappa shape index (κ2) is 6.19. The first-order chi connectivity index (χ1) is 7.22. The smallest absolute Gasteiger partial charge is 0.218 e. The second-order valence-corrected chi connectivity index (χ2v) is 3.33. The summed E-state index contributed by atoms with van der Waals surface area (Å²) in [6.07, 6.45) is 1.60. The molecular formula is C10H17N3O2. The average Bonchev–Trinajstić information content (AvgIpc) is 2.18. The third kappa shape index (κ3) is 4.60. The van der Waals surface area contributed by atoms with Crippen LogP contribution in [0, 0.1) is 0 Å². The summed E-state index contributed by atoms with van der Waals surface area (Å²) in [5.41, 5.74) is 0. The van der Waals surface area contributed by atoms with E-state index in [0.717, 1.165) is 5.82 Å². The Morgan fingerprint density at radius 2 is 2.20 bits per heavy atom. The number of anilines is 1. The van der Waals surface area contributed by atoms with E-state index in [2.05, 4.69) is 15.3 Å². The second-order valence-electron chi connectivity index (χ2n) is 3.33. The van der Waals surface area contributed by atoms with Crippen molar-refractivity contribution < 1.29 is 9.47 Å². The van der Waals surface area contributed by atoms with Crippen LogP contribution in [0.1, 0.15) is 13.8 Å². The first kappa shape index (κ1) is 11.7. The molecule has 1 aromatic rings. The van der Waals surface area contributed by atoms with Gasteiger partial charge in [-0.1, -0.05) is 0 Å². The molecule has 5 nitrogen and oxygen atoms in total. The molecule has 0 amide bonds. The number of methoxy groups -OCH3 is 1. The highest BCUT2D eigenvalue weighted by Crippen LogP contribution is 2.11. The molecule has 0 spiro atoms. The van der Waals surface area contributed by atoms with Gasteiger partial charge in [-0.15, -0.1) is 0 Å². The summed E-state index contributed by atoms with van der Waals surface area (Å²) in [7, 11) is 1.66.